The van der Waals surface area contributed by atoms with Gasteiger partial charge < -0.3 is 28.8 Å². The molecule has 0 spiro atoms. The summed E-state index contributed by atoms with van der Waals surface area (Å²) in [5.74, 6) is -4.21. The number of methoxy groups -OCH3 is 1. The van der Waals surface area contributed by atoms with Crippen LogP contribution in [0.1, 0.15) is 64.5 Å². The summed E-state index contributed by atoms with van der Waals surface area (Å²) in [4.78, 5) is 27.3. The molecule has 68 heavy (non-hydrogen) atoms. The maximum absolute atomic E-state index is 17.6. The highest BCUT2D eigenvalue weighted by atomic mass is 31.2. The minimum absolute atomic E-state index is 0.0284. The average Bonchev–Trinajstić information content (AvgIpc) is 3.84. The van der Waals surface area contributed by atoms with E-state index in [0.29, 0.717) is 11.1 Å². The zero-order chi connectivity index (χ0) is 48.3. The Labute approximate surface area is 393 Å². The van der Waals surface area contributed by atoms with Crippen LogP contribution in [0, 0.1) is 11.8 Å². The van der Waals surface area contributed by atoms with Crippen LogP contribution >= 0.6 is 7.75 Å². The van der Waals surface area contributed by atoms with Gasteiger partial charge in [0.25, 0.3) is 0 Å². The number of carbonyl (C=O) groups excluding carboxylic acids is 1. The molecule has 6 atom stereocenters. The predicted molar refractivity (Wildman–Crippen MR) is 255 cm³/mol. The minimum atomic E-state index is -4.67. The van der Waals surface area contributed by atoms with Crippen molar-refractivity contribution < 1.29 is 46.1 Å². The zero-order valence-corrected chi connectivity index (χ0v) is 39.8. The third-order valence-corrected chi connectivity index (χ3v) is 13.7. The Morgan fingerprint density at radius 3 is 2.16 bits per heavy atom. The SMILES string of the molecule is CCOc1nc(NC(c2ccccc2)(c2ccccc2)c2ccc(OC)cc2)nc2c1ncn2[C@@H]1O[C@](F)(COP(=O)(N[C@@H](C)C(=O)OCC(C)C)Oc2cccc3ccccc23)[C@@H](C)[C@@]1(C)F. The summed E-state index contributed by atoms with van der Waals surface area (Å²) >= 11 is 0. The van der Waals surface area contributed by atoms with Crippen molar-refractivity contribution in [2.45, 2.75) is 70.9 Å². The summed E-state index contributed by atoms with van der Waals surface area (Å²) < 4.78 is 86.0. The number of hydrogen-bond donors (Lipinski definition) is 2. The minimum Gasteiger partial charge on any atom is -0.497 e. The zero-order valence-electron chi connectivity index (χ0n) is 38.9. The molecule has 1 aliphatic heterocycles. The van der Waals surface area contributed by atoms with Crippen LogP contribution in [0.5, 0.6) is 17.4 Å². The Morgan fingerprint density at radius 1 is 0.882 bits per heavy atom. The van der Waals surface area contributed by atoms with Gasteiger partial charge in [-0.3, -0.25) is 13.9 Å². The first kappa shape index (κ1) is 48.0. The molecular formula is C51H55F2N6O8P. The summed E-state index contributed by atoms with van der Waals surface area (Å²) in [5, 5.41) is 7.59. The van der Waals surface area contributed by atoms with Crippen molar-refractivity contribution in [3.8, 4) is 17.4 Å². The van der Waals surface area contributed by atoms with Crippen molar-refractivity contribution in [2.24, 2.45) is 11.8 Å². The molecule has 17 heteroatoms. The van der Waals surface area contributed by atoms with Crippen LogP contribution in [-0.4, -0.2) is 70.0 Å². The molecule has 2 N–H and O–H groups in total. The third kappa shape index (κ3) is 9.51. The van der Waals surface area contributed by atoms with Gasteiger partial charge in [0.1, 0.15) is 29.7 Å². The molecule has 3 heterocycles. The van der Waals surface area contributed by atoms with Gasteiger partial charge in [-0.25, -0.2) is 18.3 Å². The van der Waals surface area contributed by atoms with Crippen LogP contribution in [0.25, 0.3) is 21.9 Å². The van der Waals surface area contributed by atoms with E-state index < -0.39 is 55.6 Å². The average molecular weight is 949 g/mol. The lowest BCUT2D eigenvalue weighted by molar-refractivity contribution is -0.188. The summed E-state index contributed by atoms with van der Waals surface area (Å²) in [7, 11) is -3.07. The summed E-state index contributed by atoms with van der Waals surface area (Å²) in [6, 6.07) is 38.2. The summed E-state index contributed by atoms with van der Waals surface area (Å²) in [6.45, 7) is 8.72. The molecule has 1 unspecified atom stereocenters. The van der Waals surface area contributed by atoms with E-state index in [-0.39, 0.29) is 47.9 Å². The monoisotopic (exact) mass is 948 g/mol. The van der Waals surface area contributed by atoms with E-state index in [1.165, 1.54) is 31.7 Å². The number of carbonyl (C=O) groups is 1. The van der Waals surface area contributed by atoms with Gasteiger partial charge in [0.2, 0.25) is 17.7 Å². The Morgan fingerprint density at radius 2 is 1.51 bits per heavy atom. The van der Waals surface area contributed by atoms with Crippen LogP contribution < -0.4 is 24.4 Å². The molecule has 356 valence electrons. The Kier molecular flexibility index (Phi) is 13.9. The van der Waals surface area contributed by atoms with Gasteiger partial charge in [0.15, 0.2) is 23.1 Å². The molecule has 0 aliphatic carbocycles. The second-order valence-electron chi connectivity index (χ2n) is 17.3. The predicted octanol–water partition coefficient (Wildman–Crippen LogP) is 10.7. The number of hydrogen-bond acceptors (Lipinski definition) is 12. The molecule has 8 rings (SSSR count). The van der Waals surface area contributed by atoms with Crippen molar-refractivity contribution in [1.82, 2.24) is 24.6 Å². The maximum Gasteiger partial charge on any atom is 0.459 e. The number of ether oxygens (including phenoxy) is 4. The van der Waals surface area contributed by atoms with Gasteiger partial charge in [-0.2, -0.15) is 15.1 Å². The van der Waals surface area contributed by atoms with Crippen LogP contribution in [0.3, 0.4) is 0 Å². The molecule has 2 aromatic heterocycles. The van der Waals surface area contributed by atoms with Gasteiger partial charge in [-0.05, 0) is 67.0 Å². The number of alkyl halides is 2. The normalized spacial score (nSPS) is 20.8. The molecule has 14 nitrogen and oxygen atoms in total. The quantitative estimate of drug-likeness (QED) is 0.0449. The van der Waals surface area contributed by atoms with E-state index in [1.807, 2.05) is 117 Å². The smallest absolute Gasteiger partial charge is 0.459 e. The van der Waals surface area contributed by atoms with Crippen molar-refractivity contribution in [3.05, 3.63) is 150 Å². The van der Waals surface area contributed by atoms with Crippen molar-refractivity contribution in [1.29, 1.82) is 0 Å². The number of benzene rings is 5. The van der Waals surface area contributed by atoms with Gasteiger partial charge >= 0.3 is 13.7 Å². The lowest BCUT2D eigenvalue weighted by Crippen LogP contribution is -2.41. The topological polar surface area (TPSA) is 157 Å². The van der Waals surface area contributed by atoms with E-state index in [4.69, 9.17) is 38.0 Å². The van der Waals surface area contributed by atoms with Gasteiger partial charge in [-0.15, -0.1) is 0 Å². The number of fused-ring (bicyclic) bond motifs is 2. The maximum atomic E-state index is 17.6. The Balaban J connectivity index is 1.16. The van der Waals surface area contributed by atoms with Gasteiger partial charge in [0, 0.05) is 5.39 Å². The molecule has 0 amide bonds. The Hall–Kier alpha value is -6.45. The molecule has 1 saturated heterocycles. The molecule has 1 fully saturated rings. The fourth-order valence-electron chi connectivity index (χ4n) is 8.31. The molecular weight excluding hydrogens is 894 g/mol. The van der Waals surface area contributed by atoms with Crippen molar-refractivity contribution in [3.63, 3.8) is 0 Å². The number of imidazole rings is 1. The van der Waals surface area contributed by atoms with Crippen molar-refractivity contribution >= 4 is 41.6 Å². The largest absolute Gasteiger partial charge is 0.497 e. The molecule has 7 aromatic rings. The number of rotatable bonds is 19. The molecule has 0 bridgehead atoms. The highest BCUT2D eigenvalue weighted by Crippen LogP contribution is 2.55. The first-order chi connectivity index (χ1) is 32.6. The van der Waals surface area contributed by atoms with E-state index >= 15 is 8.78 Å². The first-order valence-electron chi connectivity index (χ1n) is 22.4. The second kappa shape index (κ2) is 19.6. The first-order valence-corrected chi connectivity index (χ1v) is 24.0. The number of esters is 1. The molecule has 5 aromatic carbocycles. The van der Waals surface area contributed by atoms with Crippen LogP contribution in [-0.2, 0) is 28.9 Å². The van der Waals surface area contributed by atoms with E-state index in [0.717, 1.165) is 22.1 Å². The van der Waals surface area contributed by atoms with Crippen LogP contribution in [0.4, 0.5) is 14.7 Å². The molecule has 1 aliphatic rings. The van der Waals surface area contributed by atoms with E-state index in [2.05, 4.69) is 15.4 Å². The highest BCUT2D eigenvalue weighted by Gasteiger charge is 2.63. The summed E-state index contributed by atoms with van der Waals surface area (Å²) in [6.07, 6.45) is -0.404. The molecule has 0 saturated carbocycles. The third-order valence-electron chi connectivity index (χ3n) is 12.1. The van der Waals surface area contributed by atoms with Crippen LogP contribution in [0.15, 0.2) is 134 Å². The van der Waals surface area contributed by atoms with E-state index in [9.17, 15) is 9.36 Å². The number of aromatic nitrogens is 4. The highest BCUT2D eigenvalue weighted by molar-refractivity contribution is 7.52. The number of nitrogens with one attached hydrogen (secondary N) is 2. The lowest BCUT2D eigenvalue weighted by atomic mass is 9.77. The van der Waals surface area contributed by atoms with Gasteiger partial charge in [-0.1, -0.05) is 130 Å². The lowest BCUT2D eigenvalue weighted by Gasteiger charge is -2.37. The van der Waals surface area contributed by atoms with E-state index in [1.54, 1.807) is 38.3 Å². The fourth-order valence-corrected chi connectivity index (χ4v) is 9.84. The number of halogens is 2. The number of anilines is 1. The van der Waals surface area contributed by atoms with Crippen molar-refractivity contribution in [2.75, 3.05) is 32.2 Å². The second-order valence-corrected chi connectivity index (χ2v) is 19.0. The Bertz CT molecular complexity index is 2860. The molecule has 0 radical (unpaired) electrons. The van der Waals surface area contributed by atoms with Crippen LogP contribution in [0.2, 0.25) is 0 Å². The standard InChI is InChI=1S/C51H55F2N6O8P/c1-8-63-45-43-44(55-48(56-45)57-51(37-20-11-9-12-21-37,38-22-13-10-14-23-38)39-26-28-40(62-7)29-27-39)59(32-54-43)47-49(6,52)35(5)50(53,66-47)31-65-68(61,58-34(4)46(60)64-30-33(2)3)67-42-25-17-19-36-18-15-16-24-41(36)42/h9-29,32-35,47H,8,30-31H2,1-7H3,(H,58,61)(H,55,56,57)/t34-,35-,47+,49+,50+,68?/m0/s1. The number of nitrogens with zero attached hydrogens (tertiary/aromatic N) is 4. The summed E-state index contributed by atoms with van der Waals surface area (Å²) in [5.41, 5.74) is -0.834. The fraction of sp³-hybridized carbons (Fsp3) is 0.333. The van der Waals surface area contributed by atoms with Gasteiger partial charge in [0.05, 0.1) is 32.6 Å².